The van der Waals surface area contributed by atoms with Gasteiger partial charge in [0.1, 0.15) is 0 Å². The number of nitrogens with one attached hydrogen (secondary N) is 3. The number of non-ortho nitro benzene ring substituents is 1. The van der Waals surface area contributed by atoms with E-state index < -0.39 is 14.9 Å². The van der Waals surface area contributed by atoms with E-state index in [4.69, 9.17) is 0 Å². The lowest BCUT2D eigenvalue weighted by atomic mass is 10.1. The highest BCUT2D eigenvalue weighted by Gasteiger charge is 2.29. The Morgan fingerprint density at radius 1 is 1.34 bits per heavy atom. The van der Waals surface area contributed by atoms with Gasteiger partial charge in [-0.1, -0.05) is 6.07 Å². The van der Waals surface area contributed by atoms with Crippen molar-refractivity contribution in [3.05, 3.63) is 34.4 Å². The number of guanidine groups is 1. The van der Waals surface area contributed by atoms with Crippen LogP contribution in [0.3, 0.4) is 0 Å². The standard InChI is InChI=1S/C17H27N5O4S2.HI/c1-3-18-16(20-13-17(2)8-5-11-27-17)19-9-10-21-28(25,26)15-7-4-6-14(12-15)22(23)24;/h4,6-7,12,21H,3,5,8-11,13H2,1-2H3,(H2,18,19,20);1H. The van der Waals surface area contributed by atoms with Gasteiger partial charge in [-0.2, -0.15) is 11.8 Å². The largest absolute Gasteiger partial charge is 0.357 e. The molecule has 0 bridgehead atoms. The number of hydrogen-bond acceptors (Lipinski definition) is 6. The number of nitro groups is 1. The molecular weight excluding hydrogens is 529 g/mol. The monoisotopic (exact) mass is 557 g/mol. The lowest BCUT2D eigenvalue weighted by Crippen LogP contribution is -2.42. The Hall–Kier alpha value is -1.12. The molecule has 1 aliphatic heterocycles. The quantitative estimate of drug-likeness (QED) is 0.106. The highest BCUT2D eigenvalue weighted by Crippen LogP contribution is 2.37. The van der Waals surface area contributed by atoms with E-state index in [1.54, 1.807) is 0 Å². The van der Waals surface area contributed by atoms with Crippen LogP contribution in [0.5, 0.6) is 0 Å². The van der Waals surface area contributed by atoms with Gasteiger partial charge >= 0.3 is 0 Å². The molecule has 1 aliphatic rings. The van der Waals surface area contributed by atoms with Crippen LogP contribution in [0.4, 0.5) is 5.69 Å². The van der Waals surface area contributed by atoms with Crippen LogP contribution < -0.4 is 15.4 Å². The zero-order chi connectivity index (χ0) is 20.6. The first-order valence-corrected chi connectivity index (χ1v) is 11.6. The van der Waals surface area contributed by atoms with Crippen LogP contribution in [-0.2, 0) is 10.0 Å². The predicted octanol–water partition coefficient (Wildman–Crippen LogP) is 2.33. The molecule has 0 aliphatic carbocycles. The molecule has 9 nitrogen and oxygen atoms in total. The molecule has 1 saturated heterocycles. The number of nitrogens with zero attached hydrogens (tertiary/aromatic N) is 2. The van der Waals surface area contributed by atoms with Crippen LogP contribution >= 0.6 is 35.7 Å². The predicted molar refractivity (Wildman–Crippen MR) is 128 cm³/mol. The van der Waals surface area contributed by atoms with E-state index >= 15 is 0 Å². The molecule has 1 aromatic rings. The van der Waals surface area contributed by atoms with Crippen LogP contribution in [0, 0.1) is 10.1 Å². The molecule has 3 N–H and O–H groups in total. The van der Waals surface area contributed by atoms with Crippen LogP contribution in [-0.4, -0.2) is 56.0 Å². The molecule has 29 heavy (non-hydrogen) atoms. The first-order valence-electron chi connectivity index (χ1n) is 9.16. The normalized spacial score (nSPS) is 19.4. The Labute approximate surface area is 193 Å². The minimum Gasteiger partial charge on any atom is -0.357 e. The second kappa shape index (κ2) is 11.9. The van der Waals surface area contributed by atoms with Crippen LogP contribution in [0.1, 0.15) is 26.7 Å². The number of benzene rings is 1. The van der Waals surface area contributed by atoms with Gasteiger partial charge in [0.15, 0.2) is 5.96 Å². The van der Waals surface area contributed by atoms with Crippen molar-refractivity contribution in [2.45, 2.75) is 36.3 Å². The molecule has 1 fully saturated rings. The first kappa shape index (κ1) is 25.9. The van der Waals surface area contributed by atoms with Gasteiger partial charge in [0.25, 0.3) is 5.69 Å². The summed E-state index contributed by atoms with van der Waals surface area (Å²) in [5.74, 6) is 1.81. The van der Waals surface area contributed by atoms with E-state index in [0.717, 1.165) is 18.2 Å². The lowest BCUT2D eigenvalue weighted by molar-refractivity contribution is -0.385. The van der Waals surface area contributed by atoms with Crippen molar-refractivity contribution < 1.29 is 13.3 Å². The molecular formula is C17H28IN5O4S2. The van der Waals surface area contributed by atoms with E-state index in [9.17, 15) is 18.5 Å². The third-order valence-electron chi connectivity index (χ3n) is 4.26. The minimum absolute atomic E-state index is 0. The highest BCUT2D eigenvalue weighted by atomic mass is 127. The fraction of sp³-hybridized carbons (Fsp3) is 0.588. The van der Waals surface area contributed by atoms with Gasteiger partial charge < -0.3 is 10.6 Å². The Balaban J connectivity index is 0.00000420. The number of halogens is 1. The maximum Gasteiger partial charge on any atom is 0.270 e. The average molecular weight is 557 g/mol. The second-order valence-electron chi connectivity index (χ2n) is 6.68. The number of sulfonamides is 1. The number of rotatable bonds is 9. The molecule has 0 radical (unpaired) electrons. The maximum absolute atomic E-state index is 12.3. The van der Waals surface area contributed by atoms with E-state index in [1.807, 2.05) is 18.7 Å². The summed E-state index contributed by atoms with van der Waals surface area (Å²) in [5, 5.41) is 17.1. The number of hydrogen-bond donors (Lipinski definition) is 3. The van der Waals surface area contributed by atoms with E-state index in [2.05, 4.69) is 27.3 Å². The lowest BCUT2D eigenvalue weighted by Gasteiger charge is -2.21. The summed E-state index contributed by atoms with van der Waals surface area (Å²) in [4.78, 5) is 14.7. The van der Waals surface area contributed by atoms with Gasteiger partial charge in [0.2, 0.25) is 10.0 Å². The summed E-state index contributed by atoms with van der Waals surface area (Å²) in [5.41, 5.74) is -0.263. The third kappa shape index (κ3) is 8.26. The zero-order valence-electron chi connectivity index (χ0n) is 16.5. The smallest absolute Gasteiger partial charge is 0.270 e. The van der Waals surface area contributed by atoms with Crippen molar-refractivity contribution in [1.82, 2.24) is 15.4 Å². The van der Waals surface area contributed by atoms with Crippen molar-refractivity contribution in [1.29, 1.82) is 0 Å². The van der Waals surface area contributed by atoms with Crippen molar-refractivity contribution in [2.24, 2.45) is 4.99 Å². The van der Waals surface area contributed by atoms with Crippen molar-refractivity contribution in [2.75, 3.05) is 31.9 Å². The van der Waals surface area contributed by atoms with Gasteiger partial charge in [-0.25, -0.2) is 13.1 Å². The first-order chi connectivity index (χ1) is 13.3. The van der Waals surface area contributed by atoms with Crippen LogP contribution in [0.2, 0.25) is 0 Å². The van der Waals surface area contributed by atoms with Crippen molar-refractivity contribution >= 4 is 57.4 Å². The van der Waals surface area contributed by atoms with Gasteiger partial charge in [0.05, 0.1) is 16.4 Å². The Kier molecular flexibility index (Phi) is 10.6. The molecule has 164 valence electrons. The number of nitro benzene ring substituents is 1. The van der Waals surface area contributed by atoms with Gasteiger partial charge in [-0.15, -0.1) is 24.0 Å². The molecule has 1 aromatic carbocycles. The topological polar surface area (TPSA) is 126 Å². The van der Waals surface area contributed by atoms with Gasteiger partial charge in [-0.05, 0) is 38.5 Å². The van der Waals surface area contributed by atoms with Crippen LogP contribution in [0.25, 0.3) is 0 Å². The summed E-state index contributed by atoms with van der Waals surface area (Å²) in [7, 11) is -3.82. The SMILES string of the molecule is CCNC(=NCC1(C)CCCS1)NCCNS(=O)(=O)c1cccc([N+](=O)[O-])c1.I. The Morgan fingerprint density at radius 2 is 2.10 bits per heavy atom. The third-order valence-corrected chi connectivity index (χ3v) is 7.25. The molecule has 0 amide bonds. The average Bonchev–Trinajstić information content (AvgIpc) is 3.10. The molecule has 12 heteroatoms. The summed E-state index contributed by atoms with van der Waals surface area (Å²) >= 11 is 1.93. The summed E-state index contributed by atoms with van der Waals surface area (Å²) in [6.07, 6.45) is 2.35. The summed E-state index contributed by atoms with van der Waals surface area (Å²) in [6, 6.07) is 4.97. The van der Waals surface area contributed by atoms with Crippen molar-refractivity contribution in [3.8, 4) is 0 Å². The summed E-state index contributed by atoms with van der Waals surface area (Å²) in [6.45, 7) is 6.05. The summed E-state index contributed by atoms with van der Waals surface area (Å²) < 4.78 is 27.2. The highest BCUT2D eigenvalue weighted by molar-refractivity contribution is 14.0. The maximum atomic E-state index is 12.3. The Morgan fingerprint density at radius 3 is 2.72 bits per heavy atom. The molecule has 0 spiro atoms. The van der Waals surface area contributed by atoms with Crippen molar-refractivity contribution in [3.63, 3.8) is 0 Å². The molecule has 0 saturated carbocycles. The van der Waals surface area contributed by atoms with Gasteiger partial charge in [-0.3, -0.25) is 15.1 Å². The number of thioether (sulfide) groups is 1. The van der Waals surface area contributed by atoms with E-state index in [-0.39, 0.29) is 45.9 Å². The minimum atomic E-state index is -3.82. The van der Waals surface area contributed by atoms with E-state index in [0.29, 0.717) is 25.6 Å². The fourth-order valence-corrected chi connectivity index (χ4v) is 5.06. The molecule has 1 unspecified atom stereocenters. The molecule has 1 atom stereocenters. The second-order valence-corrected chi connectivity index (χ2v) is 10.1. The molecule has 0 aromatic heterocycles. The fourth-order valence-electron chi connectivity index (χ4n) is 2.76. The molecule has 1 heterocycles. The zero-order valence-corrected chi connectivity index (χ0v) is 20.5. The van der Waals surface area contributed by atoms with E-state index in [1.165, 1.54) is 24.6 Å². The number of aliphatic imine (C=N–C) groups is 1. The Bertz CT molecular complexity index is 814. The van der Waals surface area contributed by atoms with Crippen LogP contribution in [0.15, 0.2) is 34.2 Å². The van der Waals surface area contributed by atoms with Gasteiger partial charge in [0, 0.05) is 36.5 Å². The molecule has 2 rings (SSSR count).